The van der Waals surface area contributed by atoms with Gasteiger partial charge in [-0.05, 0) is 20.8 Å². The van der Waals surface area contributed by atoms with E-state index >= 15 is 0 Å². The normalized spacial score (nSPS) is 13.6. The summed E-state index contributed by atoms with van der Waals surface area (Å²) in [5.41, 5.74) is -0.504. The zero-order chi connectivity index (χ0) is 10.5. The lowest BCUT2D eigenvalue weighted by Crippen LogP contribution is -2.37. The Morgan fingerprint density at radius 3 is 2.54 bits per heavy atom. The summed E-state index contributed by atoms with van der Waals surface area (Å²) in [5.74, 6) is 0.315. The third kappa shape index (κ3) is 7.93. The second kappa shape index (κ2) is 5.34. The molecule has 0 aliphatic rings. The molecule has 0 aliphatic carbocycles. The van der Waals surface area contributed by atoms with E-state index in [0.717, 1.165) is 0 Å². The molecule has 0 fully saturated rings. The summed E-state index contributed by atoms with van der Waals surface area (Å²) in [6, 6.07) is 0. The lowest BCUT2D eigenvalue weighted by atomic mass is 10.2. The molecule has 13 heavy (non-hydrogen) atoms. The fourth-order valence-corrected chi connectivity index (χ4v) is 0.709. The van der Waals surface area contributed by atoms with Crippen LogP contribution in [0.5, 0.6) is 0 Å². The summed E-state index contributed by atoms with van der Waals surface area (Å²) in [5, 5.41) is 11.5. The quantitative estimate of drug-likeness (QED) is 0.600. The zero-order valence-electron chi connectivity index (χ0n) is 8.20. The lowest BCUT2D eigenvalue weighted by molar-refractivity contribution is 0.0499. The first kappa shape index (κ1) is 12.6. The molecule has 0 aliphatic heterocycles. The number of aliphatic hydroxyl groups excluding tert-OH is 1. The fourth-order valence-electron chi connectivity index (χ4n) is 0.580. The number of thiol groups is 1. The van der Waals surface area contributed by atoms with Crippen LogP contribution in [0.4, 0.5) is 4.79 Å². The standard InChI is InChI=1S/C8H17NO3S/c1-8(2,3)12-7(11)9-4-6(10)5-13/h6,10,13H,4-5H2,1-3H3,(H,9,11)/t6-/m1/s1. The van der Waals surface area contributed by atoms with Gasteiger partial charge in [0.2, 0.25) is 0 Å². The Kier molecular flexibility index (Phi) is 5.17. The van der Waals surface area contributed by atoms with Crippen molar-refractivity contribution in [3.8, 4) is 0 Å². The highest BCUT2D eigenvalue weighted by atomic mass is 32.1. The summed E-state index contributed by atoms with van der Waals surface area (Å²) in [6.45, 7) is 5.50. The lowest BCUT2D eigenvalue weighted by Gasteiger charge is -2.20. The maximum Gasteiger partial charge on any atom is 0.407 e. The smallest absolute Gasteiger partial charge is 0.407 e. The Bertz CT molecular complexity index is 167. The molecule has 0 bridgehead atoms. The molecule has 2 N–H and O–H groups in total. The molecule has 78 valence electrons. The third-order valence-electron chi connectivity index (χ3n) is 1.09. The molecule has 4 nitrogen and oxygen atoms in total. The van der Waals surface area contributed by atoms with E-state index in [1.54, 1.807) is 20.8 Å². The number of rotatable bonds is 3. The summed E-state index contributed by atoms with van der Waals surface area (Å²) in [6.07, 6.45) is -1.15. The van der Waals surface area contributed by atoms with E-state index in [-0.39, 0.29) is 6.54 Å². The first-order valence-electron chi connectivity index (χ1n) is 4.11. The van der Waals surface area contributed by atoms with Gasteiger partial charge >= 0.3 is 6.09 Å². The van der Waals surface area contributed by atoms with Crippen molar-refractivity contribution < 1.29 is 14.6 Å². The molecule has 5 heteroatoms. The zero-order valence-corrected chi connectivity index (χ0v) is 9.10. The number of aliphatic hydroxyl groups is 1. The highest BCUT2D eigenvalue weighted by Gasteiger charge is 2.16. The molecular weight excluding hydrogens is 190 g/mol. The van der Waals surface area contributed by atoms with Gasteiger partial charge in [0.1, 0.15) is 5.60 Å². The van der Waals surface area contributed by atoms with Crippen molar-refractivity contribution in [2.24, 2.45) is 0 Å². The van der Waals surface area contributed by atoms with Crippen LogP contribution in [0.25, 0.3) is 0 Å². The van der Waals surface area contributed by atoms with Gasteiger partial charge in [-0.25, -0.2) is 4.79 Å². The van der Waals surface area contributed by atoms with Crippen molar-refractivity contribution in [2.75, 3.05) is 12.3 Å². The van der Waals surface area contributed by atoms with Crippen molar-refractivity contribution in [3.05, 3.63) is 0 Å². The maximum absolute atomic E-state index is 11.0. The van der Waals surface area contributed by atoms with Gasteiger partial charge in [0.15, 0.2) is 0 Å². The van der Waals surface area contributed by atoms with Gasteiger partial charge in [-0.15, -0.1) is 0 Å². The Balaban J connectivity index is 3.64. The number of carbonyl (C=O) groups excluding carboxylic acids is 1. The molecule has 0 radical (unpaired) electrons. The van der Waals surface area contributed by atoms with Gasteiger partial charge in [-0.3, -0.25) is 0 Å². The predicted molar refractivity (Wildman–Crippen MR) is 54.1 cm³/mol. The van der Waals surface area contributed by atoms with Gasteiger partial charge < -0.3 is 15.2 Å². The van der Waals surface area contributed by atoms with E-state index in [2.05, 4.69) is 17.9 Å². The number of nitrogens with one attached hydrogen (secondary N) is 1. The Morgan fingerprint density at radius 2 is 2.15 bits per heavy atom. The number of ether oxygens (including phenoxy) is 1. The van der Waals surface area contributed by atoms with Crippen LogP contribution in [0.3, 0.4) is 0 Å². The average Bonchev–Trinajstić information content (AvgIpc) is 1.97. The highest BCUT2D eigenvalue weighted by molar-refractivity contribution is 7.80. The van der Waals surface area contributed by atoms with Gasteiger partial charge in [-0.2, -0.15) is 12.6 Å². The molecule has 1 amide bonds. The molecule has 0 heterocycles. The van der Waals surface area contributed by atoms with Gasteiger partial charge in [0.05, 0.1) is 6.10 Å². The Labute approximate surface area is 84.1 Å². The number of amides is 1. The van der Waals surface area contributed by atoms with Crippen LogP contribution in [-0.2, 0) is 4.74 Å². The molecule has 0 saturated heterocycles. The van der Waals surface area contributed by atoms with Crippen molar-refractivity contribution in [1.82, 2.24) is 5.32 Å². The number of hydrogen-bond donors (Lipinski definition) is 3. The second-order valence-corrected chi connectivity index (χ2v) is 4.08. The Morgan fingerprint density at radius 1 is 1.62 bits per heavy atom. The molecule has 0 spiro atoms. The molecule has 0 aromatic rings. The van der Waals surface area contributed by atoms with E-state index < -0.39 is 17.8 Å². The summed E-state index contributed by atoms with van der Waals surface area (Å²) in [7, 11) is 0. The van der Waals surface area contributed by atoms with E-state index in [0.29, 0.717) is 5.75 Å². The minimum Gasteiger partial charge on any atom is -0.444 e. The van der Waals surface area contributed by atoms with E-state index in [1.807, 2.05) is 0 Å². The summed E-state index contributed by atoms with van der Waals surface area (Å²) in [4.78, 5) is 11.0. The van der Waals surface area contributed by atoms with Gasteiger partial charge in [0.25, 0.3) is 0 Å². The molecule has 0 saturated carbocycles. The van der Waals surface area contributed by atoms with Crippen LogP contribution in [0.15, 0.2) is 0 Å². The molecule has 1 atom stereocenters. The summed E-state index contributed by atoms with van der Waals surface area (Å²) < 4.78 is 4.95. The molecule has 0 aromatic heterocycles. The van der Waals surface area contributed by atoms with Crippen LogP contribution in [0, 0.1) is 0 Å². The molecule has 0 unspecified atom stereocenters. The monoisotopic (exact) mass is 207 g/mol. The third-order valence-corrected chi connectivity index (χ3v) is 1.51. The number of alkyl carbamates (subject to hydrolysis) is 1. The Hall–Kier alpha value is -0.420. The minimum atomic E-state index is -0.629. The minimum absolute atomic E-state index is 0.165. The molecular formula is C8H17NO3S. The first-order valence-corrected chi connectivity index (χ1v) is 4.74. The van der Waals surface area contributed by atoms with E-state index in [1.165, 1.54) is 0 Å². The van der Waals surface area contributed by atoms with Crippen molar-refractivity contribution in [2.45, 2.75) is 32.5 Å². The highest BCUT2D eigenvalue weighted by Crippen LogP contribution is 2.06. The first-order chi connectivity index (χ1) is 5.85. The average molecular weight is 207 g/mol. The van der Waals surface area contributed by atoms with E-state index in [9.17, 15) is 4.79 Å². The van der Waals surface area contributed by atoms with Crippen LogP contribution >= 0.6 is 12.6 Å². The van der Waals surface area contributed by atoms with Crippen LogP contribution < -0.4 is 5.32 Å². The second-order valence-electron chi connectivity index (χ2n) is 3.72. The fraction of sp³-hybridized carbons (Fsp3) is 0.875. The number of carbonyl (C=O) groups is 1. The number of hydrogen-bond acceptors (Lipinski definition) is 4. The van der Waals surface area contributed by atoms with Crippen molar-refractivity contribution in [1.29, 1.82) is 0 Å². The van der Waals surface area contributed by atoms with Crippen LogP contribution in [0.1, 0.15) is 20.8 Å². The molecule has 0 rings (SSSR count). The van der Waals surface area contributed by atoms with E-state index in [4.69, 9.17) is 9.84 Å². The predicted octanol–water partition coefficient (Wildman–Crippen LogP) is 0.802. The van der Waals surface area contributed by atoms with Crippen molar-refractivity contribution >= 4 is 18.7 Å². The van der Waals surface area contributed by atoms with Gasteiger partial charge in [-0.1, -0.05) is 0 Å². The van der Waals surface area contributed by atoms with Crippen LogP contribution in [0.2, 0.25) is 0 Å². The summed E-state index contributed by atoms with van der Waals surface area (Å²) >= 11 is 3.86. The SMILES string of the molecule is CC(C)(C)OC(=O)NC[C@@H](O)CS. The van der Waals surface area contributed by atoms with Crippen LogP contribution in [-0.4, -0.2) is 35.2 Å². The largest absolute Gasteiger partial charge is 0.444 e. The molecule has 0 aromatic carbocycles. The van der Waals surface area contributed by atoms with Crippen molar-refractivity contribution in [3.63, 3.8) is 0 Å². The topological polar surface area (TPSA) is 58.6 Å². The van der Waals surface area contributed by atoms with Gasteiger partial charge in [0, 0.05) is 12.3 Å². The maximum atomic E-state index is 11.0.